The number of hydrogen-bond donors (Lipinski definition) is 3. The van der Waals surface area contributed by atoms with E-state index >= 15 is 0 Å². The Hall–Kier alpha value is -2.90. The molecule has 0 aromatic carbocycles. The summed E-state index contributed by atoms with van der Waals surface area (Å²) in [5.41, 5.74) is 9.93. The van der Waals surface area contributed by atoms with Gasteiger partial charge in [-0.05, 0) is 50.3 Å². The smallest absolute Gasteiger partial charge is 0.291 e. The summed E-state index contributed by atoms with van der Waals surface area (Å²) in [5.74, 6) is 0.576. The second-order valence-electron chi connectivity index (χ2n) is 6.62. The fraction of sp³-hybridized carbons (Fsp3) is 0.412. The predicted octanol–water partition coefficient (Wildman–Crippen LogP) is 1.90. The van der Waals surface area contributed by atoms with E-state index in [9.17, 15) is 4.79 Å². The number of nitrogens with one attached hydrogen (secondary N) is 2. The van der Waals surface area contributed by atoms with Crippen LogP contribution in [-0.4, -0.2) is 49.0 Å². The van der Waals surface area contributed by atoms with E-state index in [1.165, 1.54) is 16.6 Å². The third-order valence-electron chi connectivity index (χ3n) is 4.93. The summed E-state index contributed by atoms with van der Waals surface area (Å²) in [7, 11) is 0. The maximum atomic E-state index is 12.4. The molecule has 3 aromatic rings. The number of nitrogens with two attached hydrogens (primary N) is 1. The molecule has 1 aliphatic heterocycles. The van der Waals surface area contributed by atoms with Crippen molar-refractivity contribution in [3.8, 4) is 0 Å². The van der Waals surface area contributed by atoms with E-state index in [0.717, 1.165) is 24.2 Å². The summed E-state index contributed by atoms with van der Waals surface area (Å²) >= 11 is 0. The lowest BCUT2D eigenvalue weighted by molar-refractivity contribution is 0.0701. The first-order valence-corrected chi connectivity index (χ1v) is 8.46. The minimum Gasteiger partial charge on any atom is -0.366 e. The monoisotopic (exact) mass is 339 g/mol. The fourth-order valence-electron chi connectivity index (χ4n) is 3.73. The van der Waals surface area contributed by atoms with Crippen molar-refractivity contribution >= 4 is 22.9 Å². The predicted molar refractivity (Wildman–Crippen MR) is 94.2 cm³/mol. The Morgan fingerprint density at radius 1 is 1.24 bits per heavy atom. The maximum absolute atomic E-state index is 12.4. The van der Waals surface area contributed by atoms with Crippen LogP contribution in [0.2, 0.25) is 0 Å². The molecule has 4 rings (SSSR count). The molecule has 0 bridgehead atoms. The lowest BCUT2D eigenvalue weighted by Gasteiger charge is -2.31. The molecule has 0 spiro atoms. The van der Waals surface area contributed by atoms with Gasteiger partial charge >= 0.3 is 0 Å². The number of amides is 1. The molecule has 4 N–H and O–H groups in total. The summed E-state index contributed by atoms with van der Waals surface area (Å²) in [4.78, 5) is 26.2. The average molecular weight is 339 g/mol. The van der Waals surface area contributed by atoms with Crippen molar-refractivity contribution < 1.29 is 4.79 Å². The van der Waals surface area contributed by atoms with Crippen molar-refractivity contribution in [3.05, 3.63) is 34.9 Å². The Balaban J connectivity index is 1.52. The van der Waals surface area contributed by atoms with E-state index < -0.39 is 0 Å². The third kappa shape index (κ3) is 2.73. The normalized spacial score (nSPS) is 15.8. The second kappa shape index (κ2) is 5.87. The Labute approximate surface area is 144 Å². The van der Waals surface area contributed by atoms with E-state index in [2.05, 4.69) is 38.1 Å². The molecule has 130 valence electrons. The Bertz CT molecular complexity index is 934. The summed E-state index contributed by atoms with van der Waals surface area (Å²) in [6, 6.07) is 4.19. The summed E-state index contributed by atoms with van der Waals surface area (Å²) in [6.45, 7) is 5.47. The van der Waals surface area contributed by atoms with Crippen molar-refractivity contribution in [2.45, 2.75) is 32.6 Å². The van der Waals surface area contributed by atoms with Crippen molar-refractivity contribution in [1.29, 1.82) is 0 Å². The molecule has 1 saturated heterocycles. The van der Waals surface area contributed by atoms with Crippen LogP contribution in [0.1, 0.15) is 46.3 Å². The second-order valence-corrected chi connectivity index (χ2v) is 6.62. The summed E-state index contributed by atoms with van der Waals surface area (Å²) in [5, 5.41) is 7.50. The van der Waals surface area contributed by atoms with Gasteiger partial charge in [-0.15, -0.1) is 5.10 Å². The number of H-pyrrole nitrogens is 2. The molecule has 8 heteroatoms. The minimum absolute atomic E-state index is 0.0930. The first-order chi connectivity index (χ1) is 12.0. The fourth-order valence-corrected chi connectivity index (χ4v) is 3.73. The number of fused-ring (bicyclic) bond motifs is 1. The van der Waals surface area contributed by atoms with Gasteiger partial charge in [-0.2, -0.15) is 4.98 Å². The third-order valence-corrected chi connectivity index (χ3v) is 4.93. The molecule has 1 aliphatic rings. The highest BCUT2D eigenvalue weighted by Gasteiger charge is 2.28. The van der Waals surface area contributed by atoms with Crippen LogP contribution in [0.3, 0.4) is 0 Å². The van der Waals surface area contributed by atoms with Gasteiger partial charge in [0.15, 0.2) is 0 Å². The van der Waals surface area contributed by atoms with Gasteiger partial charge in [0.25, 0.3) is 5.91 Å². The topological polar surface area (TPSA) is 117 Å². The van der Waals surface area contributed by atoms with Crippen LogP contribution >= 0.6 is 0 Å². The number of piperidine rings is 1. The number of aromatic amines is 2. The molecule has 0 unspecified atom stereocenters. The number of pyridine rings is 1. The van der Waals surface area contributed by atoms with Crippen molar-refractivity contribution in [2.75, 3.05) is 18.8 Å². The first-order valence-electron chi connectivity index (χ1n) is 8.46. The Morgan fingerprint density at radius 3 is 2.68 bits per heavy atom. The quantitative estimate of drug-likeness (QED) is 0.659. The van der Waals surface area contributed by atoms with Crippen LogP contribution in [0.15, 0.2) is 12.1 Å². The molecule has 0 saturated carbocycles. The van der Waals surface area contributed by atoms with E-state index in [1.807, 2.05) is 17.9 Å². The highest BCUT2D eigenvalue weighted by atomic mass is 16.2. The number of aryl methyl sites for hydroxylation is 2. The standard InChI is InChI=1S/C17H21N7O/c1-9-3-4-12-13(10(2)20-14(12)19-9)11-5-7-24(8-6-11)16(25)15-21-17(18)23-22-15/h3-4,11H,5-8H2,1-2H3,(H,19,20)(H3,18,21,22,23). The number of aromatic nitrogens is 5. The van der Waals surface area contributed by atoms with Gasteiger partial charge in [-0.1, -0.05) is 0 Å². The van der Waals surface area contributed by atoms with Gasteiger partial charge in [0.2, 0.25) is 11.8 Å². The molecule has 0 radical (unpaired) electrons. The van der Waals surface area contributed by atoms with Crippen LogP contribution in [0.4, 0.5) is 5.95 Å². The molecular weight excluding hydrogens is 318 g/mol. The zero-order valence-electron chi connectivity index (χ0n) is 14.3. The van der Waals surface area contributed by atoms with E-state index in [0.29, 0.717) is 19.0 Å². The maximum Gasteiger partial charge on any atom is 0.291 e. The molecular formula is C17H21N7O. The Morgan fingerprint density at radius 2 is 2.00 bits per heavy atom. The van der Waals surface area contributed by atoms with Gasteiger partial charge in [0.05, 0.1) is 0 Å². The molecule has 3 aromatic heterocycles. The van der Waals surface area contributed by atoms with Gasteiger partial charge < -0.3 is 15.6 Å². The Kier molecular flexibility index (Phi) is 3.67. The number of nitrogen functional groups attached to an aromatic ring is 1. The summed E-state index contributed by atoms with van der Waals surface area (Å²) in [6.07, 6.45) is 1.83. The highest BCUT2D eigenvalue weighted by Crippen LogP contribution is 2.35. The van der Waals surface area contributed by atoms with E-state index in [-0.39, 0.29) is 17.7 Å². The van der Waals surface area contributed by atoms with Crippen LogP contribution in [0.25, 0.3) is 11.0 Å². The van der Waals surface area contributed by atoms with Crippen molar-refractivity contribution in [3.63, 3.8) is 0 Å². The number of nitrogens with zero attached hydrogens (tertiary/aromatic N) is 4. The first kappa shape index (κ1) is 15.6. The molecule has 1 amide bonds. The van der Waals surface area contributed by atoms with Gasteiger partial charge in [0, 0.05) is 29.9 Å². The zero-order chi connectivity index (χ0) is 17.6. The number of hydrogen-bond acceptors (Lipinski definition) is 5. The van der Waals surface area contributed by atoms with Crippen molar-refractivity contribution in [2.24, 2.45) is 0 Å². The average Bonchev–Trinajstić information content (AvgIpc) is 3.16. The highest BCUT2D eigenvalue weighted by molar-refractivity contribution is 5.90. The lowest BCUT2D eigenvalue weighted by atomic mass is 9.88. The number of likely N-dealkylation sites (tertiary alicyclic amines) is 1. The minimum atomic E-state index is -0.143. The molecule has 8 nitrogen and oxygen atoms in total. The summed E-state index contributed by atoms with van der Waals surface area (Å²) < 4.78 is 0. The molecule has 0 aliphatic carbocycles. The van der Waals surface area contributed by atoms with E-state index in [4.69, 9.17) is 5.73 Å². The van der Waals surface area contributed by atoms with Gasteiger partial charge in [0.1, 0.15) is 5.65 Å². The molecule has 0 atom stereocenters. The molecule has 4 heterocycles. The number of anilines is 1. The lowest BCUT2D eigenvalue weighted by Crippen LogP contribution is -2.38. The van der Waals surface area contributed by atoms with Gasteiger partial charge in [-0.3, -0.25) is 9.89 Å². The molecule has 25 heavy (non-hydrogen) atoms. The zero-order valence-corrected chi connectivity index (χ0v) is 14.3. The van der Waals surface area contributed by atoms with Crippen LogP contribution in [0.5, 0.6) is 0 Å². The van der Waals surface area contributed by atoms with Crippen LogP contribution < -0.4 is 5.73 Å². The molecule has 1 fully saturated rings. The number of rotatable bonds is 2. The van der Waals surface area contributed by atoms with E-state index in [1.54, 1.807) is 0 Å². The van der Waals surface area contributed by atoms with Crippen molar-refractivity contribution in [1.82, 2.24) is 30.0 Å². The van der Waals surface area contributed by atoms with Crippen LogP contribution in [0, 0.1) is 13.8 Å². The van der Waals surface area contributed by atoms with Crippen LogP contribution in [-0.2, 0) is 0 Å². The number of carbonyl (C=O) groups excluding carboxylic acids is 1. The number of carbonyl (C=O) groups is 1. The SMILES string of the molecule is Cc1ccc2c(C3CCN(C(=O)c4nc(N)n[nH]4)CC3)c(C)[nH]c2n1. The largest absolute Gasteiger partial charge is 0.366 e. The van der Waals surface area contributed by atoms with Gasteiger partial charge in [-0.25, -0.2) is 4.98 Å².